The molecule has 2 amide bonds. The molecule has 0 aromatic carbocycles. The number of carboxylic acids is 1. The van der Waals surface area contributed by atoms with Crippen LogP contribution in [0.15, 0.2) is 67.8 Å². The number of carbonyl (C=O) groups is 3. The molecule has 40 heavy (non-hydrogen) atoms. The number of sulfone groups is 1. The summed E-state index contributed by atoms with van der Waals surface area (Å²) in [5.41, 5.74) is 2.62. The molecular formula is C26H24Cl2N4O7S. The second-order valence-electron chi connectivity index (χ2n) is 9.64. The number of carboxylic acid groups (broad SMARTS) is 1. The standard InChI is InChI=1S/C26H24Cl2N4O7S/c1-40(37,38)20-5-4-15(39-20)11-19(26(35)36)31-24(33)21-17(27)9-14-12-32(8-6-16(14)22(21)28)25(34)18-10-13-3-2-7-29-23(13)30-18/h2-5,7,10,17,19H,6,8-9,11-12H2,1H3,(H,29,30)(H,31,33)(H,35,36)/t17?,19-/m0/s1. The van der Waals surface area contributed by atoms with Gasteiger partial charge in [0.05, 0.1) is 16.0 Å². The summed E-state index contributed by atoms with van der Waals surface area (Å²) in [6.45, 7) is 0.641. The Balaban J connectivity index is 1.32. The Morgan fingerprint density at radius 3 is 2.75 bits per heavy atom. The van der Waals surface area contributed by atoms with E-state index < -0.39 is 33.1 Å². The lowest BCUT2D eigenvalue weighted by Gasteiger charge is -2.35. The highest BCUT2D eigenvalue weighted by molar-refractivity contribution is 7.90. The highest BCUT2D eigenvalue weighted by Gasteiger charge is 2.36. The van der Waals surface area contributed by atoms with Crippen molar-refractivity contribution in [2.24, 2.45) is 0 Å². The first-order chi connectivity index (χ1) is 18.9. The molecule has 2 aliphatic rings. The number of fused-ring (bicyclic) bond motifs is 1. The van der Waals surface area contributed by atoms with Crippen molar-refractivity contribution in [3.63, 3.8) is 0 Å². The zero-order valence-corrected chi connectivity index (χ0v) is 23.4. The van der Waals surface area contributed by atoms with Gasteiger partial charge in [-0.15, -0.1) is 11.6 Å². The van der Waals surface area contributed by atoms with E-state index in [0.29, 0.717) is 29.9 Å². The molecule has 3 N–H and O–H groups in total. The number of alkyl halides is 1. The molecule has 11 nitrogen and oxygen atoms in total. The van der Waals surface area contributed by atoms with E-state index in [1.165, 1.54) is 12.1 Å². The molecule has 0 radical (unpaired) electrons. The first-order valence-electron chi connectivity index (χ1n) is 12.2. The van der Waals surface area contributed by atoms with E-state index in [1.54, 1.807) is 23.2 Å². The van der Waals surface area contributed by atoms with Gasteiger partial charge in [-0.3, -0.25) is 9.59 Å². The van der Waals surface area contributed by atoms with Crippen LogP contribution in [-0.2, 0) is 25.8 Å². The maximum absolute atomic E-state index is 13.2. The Bertz CT molecular complexity index is 1670. The van der Waals surface area contributed by atoms with Crippen molar-refractivity contribution in [3.8, 4) is 0 Å². The average molecular weight is 607 g/mol. The van der Waals surface area contributed by atoms with Crippen molar-refractivity contribution in [2.75, 3.05) is 19.3 Å². The molecule has 0 spiro atoms. The fourth-order valence-electron chi connectivity index (χ4n) is 4.86. The molecule has 0 bridgehead atoms. The van der Waals surface area contributed by atoms with Gasteiger partial charge in [-0.05, 0) is 54.3 Å². The molecule has 0 saturated carbocycles. The SMILES string of the molecule is CS(=O)(=O)c1ccc(C[C@H](NC(=O)C2=C(Cl)C3=C(CC2Cl)CN(C(=O)c2cc4cccnc4[nH]2)CC3)C(=O)O)o1. The number of pyridine rings is 1. The molecule has 1 aliphatic carbocycles. The number of aromatic amines is 1. The van der Waals surface area contributed by atoms with Gasteiger partial charge in [0.1, 0.15) is 23.1 Å². The monoisotopic (exact) mass is 606 g/mol. The summed E-state index contributed by atoms with van der Waals surface area (Å²) in [5.74, 6) is -2.21. The van der Waals surface area contributed by atoms with Gasteiger partial charge in [0, 0.05) is 37.3 Å². The summed E-state index contributed by atoms with van der Waals surface area (Å²) in [4.78, 5) is 47.2. The van der Waals surface area contributed by atoms with Gasteiger partial charge in [-0.2, -0.15) is 0 Å². The maximum Gasteiger partial charge on any atom is 0.326 e. The summed E-state index contributed by atoms with van der Waals surface area (Å²) in [6.07, 6.45) is 2.96. The van der Waals surface area contributed by atoms with E-state index >= 15 is 0 Å². The summed E-state index contributed by atoms with van der Waals surface area (Å²) >= 11 is 13.2. The number of nitrogens with one attached hydrogen (secondary N) is 2. The lowest BCUT2D eigenvalue weighted by Crippen LogP contribution is -2.45. The number of amides is 2. The minimum absolute atomic E-state index is 0.0473. The zero-order chi connectivity index (χ0) is 28.8. The van der Waals surface area contributed by atoms with E-state index in [1.807, 2.05) is 6.07 Å². The van der Waals surface area contributed by atoms with Crippen LogP contribution in [0.5, 0.6) is 0 Å². The molecule has 1 aliphatic heterocycles. The van der Waals surface area contributed by atoms with Crippen LogP contribution >= 0.6 is 23.2 Å². The third kappa shape index (κ3) is 5.51. The summed E-state index contributed by atoms with van der Waals surface area (Å²) in [5, 5.41) is 11.9. The topological polar surface area (TPSA) is 163 Å². The number of furan rings is 1. The first-order valence-corrected chi connectivity index (χ1v) is 14.9. The molecule has 5 rings (SSSR count). The van der Waals surface area contributed by atoms with E-state index in [9.17, 15) is 27.9 Å². The van der Waals surface area contributed by atoms with Crippen molar-refractivity contribution in [2.45, 2.75) is 35.8 Å². The summed E-state index contributed by atoms with van der Waals surface area (Å²) in [7, 11) is -3.61. The number of hydrogen-bond donors (Lipinski definition) is 3. The molecule has 3 aromatic heterocycles. The van der Waals surface area contributed by atoms with E-state index in [2.05, 4.69) is 15.3 Å². The highest BCUT2D eigenvalue weighted by atomic mass is 35.5. The predicted molar refractivity (Wildman–Crippen MR) is 146 cm³/mol. The van der Waals surface area contributed by atoms with Gasteiger partial charge in [0.2, 0.25) is 14.9 Å². The third-order valence-electron chi connectivity index (χ3n) is 6.85. The number of nitrogens with zero attached hydrogens (tertiary/aromatic N) is 2. The van der Waals surface area contributed by atoms with Gasteiger partial charge in [0.15, 0.2) is 0 Å². The van der Waals surface area contributed by atoms with E-state index in [0.717, 1.165) is 17.2 Å². The van der Waals surface area contributed by atoms with Crippen LogP contribution in [-0.4, -0.2) is 76.9 Å². The van der Waals surface area contributed by atoms with E-state index in [4.69, 9.17) is 27.6 Å². The van der Waals surface area contributed by atoms with Crippen molar-refractivity contribution in [1.82, 2.24) is 20.2 Å². The molecule has 4 heterocycles. The maximum atomic E-state index is 13.2. The zero-order valence-electron chi connectivity index (χ0n) is 21.1. The van der Waals surface area contributed by atoms with Gasteiger partial charge in [0.25, 0.3) is 11.8 Å². The van der Waals surface area contributed by atoms with Crippen molar-refractivity contribution >= 4 is 61.9 Å². The first kappa shape index (κ1) is 27.9. The minimum atomic E-state index is -3.61. The number of carbonyl (C=O) groups excluding carboxylic acids is 2. The van der Waals surface area contributed by atoms with Crippen LogP contribution in [0.3, 0.4) is 0 Å². The number of rotatable bonds is 7. The molecular weight excluding hydrogens is 583 g/mol. The van der Waals surface area contributed by atoms with Gasteiger partial charge in [-0.1, -0.05) is 11.6 Å². The summed E-state index contributed by atoms with van der Waals surface area (Å²) in [6, 6.07) is 6.54. The largest absolute Gasteiger partial charge is 0.480 e. The lowest BCUT2D eigenvalue weighted by molar-refractivity contribution is -0.141. The van der Waals surface area contributed by atoms with Crippen molar-refractivity contribution < 1.29 is 32.3 Å². The van der Waals surface area contributed by atoms with Crippen LogP contribution in [0.4, 0.5) is 0 Å². The average Bonchev–Trinajstić information content (AvgIpc) is 3.55. The number of aliphatic carboxylic acids is 1. The molecule has 14 heteroatoms. The van der Waals surface area contributed by atoms with Crippen LogP contribution in [0.25, 0.3) is 11.0 Å². The Hall–Kier alpha value is -3.61. The van der Waals surface area contributed by atoms with E-state index in [-0.39, 0.29) is 46.8 Å². The van der Waals surface area contributed by atoms with Crippen molar-refractivity contribution in [3.05, 3.63) is 69.7 Å². The Morgan fingerprint density at radius 2 is 2.08 bits per heavy atom. The van der Waals surface area contributed by atoms with Gasteiger partial charge in [-0.25, -0.2) is 18.2 Å². The molecule has 210 valence electrons. The number of H-pyrrole nitrogens is 1. The number of hydrogen-bond acceptors (Lipinski definition) is 7. The molecule has 2 atom stereocenters. The number of aromatic nitrogens is 2. The molecule has 1 unspecified atom stereocenters. The second-order valence-corrected chi connectivity index (χ2v) is 12.5. The Kier molecular flexibility index (Phi) is 7.51. The highest BCUT2D eigenvalue weighted by Crippen LogP contribution is 2.40. The molecule has 0 fully saturated rings. The van der Waals surface area contributed by atoms with Crippen molar-refractivity contribution in [1.29, 1.82) is 0 Å². The summed E-state index contributed by atoms with van der Waals surface area (Å²) < 4.78 is 28.6. The van der Waals surface area contributed by atoms with Crippen LogP contribution in [0.1, 0.15) is 29.1 Å². The smallest absolute Gasteiger partial charge is 0.326 e. The van der Waals surface area contributed by atoms with Crippen LogP contribution in [0.2, 0.25) is 0 Å². The number of allylic oxidation sites excluding steroid dienone is 1. The fourth-order valence-corrected chi connectivity index (χ4v) is 6.33. The van der Waals surface area contributed by atoms with Crippen LogP contribution in [0, 0.1) is 0 Å². The second kappa shape index (κ2) is 10.8. The third-order valence-corrected chi connectivity index (χ3v) is 8.60. The number of halogens is 2. The van der Waals surface area contributed by atoms with Gasteiger partial charge >= 0.3 is 5.97 Å². The van der Waals surface area contributed by atoms with Crippen LogP contribution < -0.4 is 5.32 Å². The fraction of sp³-hybridized carbons (Fsp3) is 0.308. The quantitative estimate of drug-likeness (QED) is 0.345. The minimum Gasteiger partial charge on any atom is -0.480 e. The Morgan fingerprint density at radius 1 is 1.30 bits per heavy atom. The molecule has 0 saturated heterocycles. The predicted octanol–water partition coefficient (Wildman–Crippen LogP) is 3.02. The Labute approximate surface area is 238 Å². The lowest BCUT2D eigenvalue weighted by atomic mass is 9.86. The van der Waals surface area contributed by atoms with Gasteiger partial charge < -0.3 is 24.7 Å². The normalized spacial score (nSPS) is 18.6. The molecule has 3 aromatic rings.